The van der Waals surface area contributed by atoms with Gasteiger partial charge in [-0.1, -0.05) is 24.3 Å². The van der Waals surface area contributed by atoms with Gasteiger partial charge in [0.15, 0.2) is 0 Å². The highest BCUT2D eigenvalue weighted by Crippen LogP contribution is 2.27. The summed E-state index contributed by atoms with van der Waals surface area (Å²) in [6.07, 6.45) is 0. The minimum absolute atomic E-state index is 0.712. The minimum atomic E-state index is -1.26. The van der Waals surface area contributed by atoms with E-state index in [4.69, 9.17) is 0 Å². The third-order valence-corrected chi connectivity index (χ3v) is 2.03. The summed E-state index contributed by atoms with van der Waals surface area (Å²) in [5.41, 5.74) is 0.537. The number of nitrogens with one attached hydrogen (secondary N) is 1. The Hall–Kier alpha value is -0.890. The fourth-order valence-corrected chi connectivity index (χ4v) is 1.44. The summed E-state index contributed by atoms with van der Waals surface area (Å²) in [4.78, 5) is 0. The predicted molar refractivity (Wildman–Crippen MR) is 53.3 cm³/mol. The second-order valence-corrected chi connectivity index (χ2v) is 3.66. The van der Waals surface area contributed by atoms with E-state index in [1.165, 1.54) is 0 Å². The Balaban J connectivity index is 3.05. The van der Waals surface area contributed by atoms with E-state index in [1.807, 2.05) is 31.3 Å². The first-order valence-corrected chi connectivity index (χ1v) is 4.47. The Morgan fingerprint density at radius 1 is 1.31 bits per heavy atom. The molecule has 0 spiro atoms. The lowest BCUT2D eigenvalue weighted by atomic mass is 9.95. The molecule has 1 N–H and O–H groups in total. The Kier molecular flexibility index (Phi) is 3.04. The maximum atomic E-state index is 13.7. The zero-order valence-electron chi connectivity index (χ0n) is 8.39. The summed E-state index contributed by atoms with van der Waals surface area (Å²) in [6.45, 7) is 3.88. The Morgan fingerprint density at radius 3 is 2.46 bits per heavy atom. The van der Waals surface area contributed by atoms with Crippen LogP contribution in [0.25, 0.3) is 0 Å². The van der Waals surface area contributed by atoms with Crippen LogP contribution in [-0.4, -0.2) is 7.05 Å². The third kappa shape index (κ3) is 2.52. The SMILES string of the molecule is CNCc1ccccc1C(C)(C)F. The summed E-state index contributed by atoms with van der Waals surface area (Å²) in [5, 5.41) is 3.03. The van der Waals surface area contributed by atoms with Crippen LogP contribution >= 0.6 is 0 Å². The van der Waals surface area contributed by atoms with Crippen LogP contribution in [0.3, 0.4) is 0 Å². The van der Waals surface area contributed by atoms with Crippen LogP contribution in [-0.2, 0) is 12.2 Å². The predicted octanol–water partition coefficient (Wildman–Crippen LogP) is 2.61. The van der Waals surface area contributed by atoms with E-state index in [2.05, 4.69) is 5.32 Å². The van der Waals surface area contributed by atoms with Crippen LogP contribution in [0.5, 0.6) is 0 Å². The van der Waals surface area contributed by atoms with Gasteiger partial charge in [-0.05, 0) is 32.0 Å². The largest absolute Gasteiger partial charge is 0.316 e. The number of hydrogen-bond donors (Lipinski definition) is 1. The molecule has 2 heteroatoms. The molecular weight excluding hydrogens is 165 g/mol. The number of hydrogen-bond acceptors (Lipinski definition) is 1. The molecule has 0 aliphatic rings. The van der Waals surface area contributed by atoms with Gasteiger partial charge in [0.2, 0.25) is 0 Å². The van der Waals surface area contributed by atoms with Crippen LogP contribution in [0.15, 0.2) is 24.3 Å². The second-order valence-electron chi connectivity index (χ2n) is 3.66. The van der Waals surface area contributed by atoms with Crippen molar-refractivity contribution in [3.05, 3.63) is 35.4 Å². The van der Waals surface area contributed by atoms with Gasteiger partial charge < -0.3 is 5.32 Å². The van der Waals surface area contributed by atoms with E-state index in [1.54, 1.807) is 13.8 Å². The monoisotopic (exact) mass is 181 g/mol. The van der Waals surface area contributed by atoms with Gasteiger partial charge in [-0.2, -0.15) is 0 Å². The average Bonchev–Trinajstić information content (AvgIpc) is 2.04. The molecule has 0 saturated heterocycles. The van der Waals surface area contributed by atoms with Crippen molar-refractivity contribution < 1.29 is 4.39 Å². The molecule has 0 atom stereocenters. The number of benzene rings is 1. The van der Waals surface area contributed by atoms with Crippen LogP contribution in [0.4, 0.5) is 4.39 Å². The molecule has 1 rings (SSSR count). The van der Waals surface area contributed by atoms with Gasteiger partial charge in [0.05, 0.1) is 0 Å². The number of halogens is 1. The molecule has 0 radical (unpaired) electrons. The van der Waals surface area contributed by atoms with E-state index in [0.29, 0.717) is 6.54 Å². The molecule has 0 aliphatic carbocycles. The lowest BCUT2D eigenvalue weighted by Crippen LogP contribution is -2.15. The van der Waals surface area contributed by atoms with Crippen molar-refractivity contribution in [1.82, 2.24) is 5.32 Å². The zero-order valence-corrected chi connectivity index (χ0v) is 8.39. The highest BCUT2D eigenvalue weighted by molar-refractivity contribution is 5.31. The standard InChI is InChI=1S/C11H16FN/c1-11(2,12)10-7-5-4-6-9(10)8-13-3/h4-7,13H,8H2,1-3H3. The van der Waals surface area contributed by atoms with Gasteiger partial charge in [-0.15, -0.1) is 0 Å². The van der Waals surface area contributed by atoms with Gasteiger partial charge in [0, 0.05) is 6.54 Å². The zero-order chi connectivity index (χ0) is 9.90. The van der Waals surface area contributed by atoms with Crippen molar-refractivity contribution in [2.45, 2.75) is 26.1 Å². The number of alkyl halides is 1. The highest BCUT2D eigenvalue weighted by atomic mass is 19.1. The molecular formula is C11H16FN. The van der Waals surface area contributed by atoms with Crippen molar-refractivity contribution in [3.8, 4) is 0 Å². The smallest absolute Gasteiger partial charge is 0.130 e. The summed E-state index contributed by atoms with van der Waals surface area (Å²) in [6, 6.07) is 7.59. The van der Waals surface area contributed by atoms with E-state index in [0.717, 1.165) is 11.1 Å². The van der Waals surface area contributed by atoms with Crippen molar-refractivity contribution in [1.29, 1.82) is 0 Å². The van der Waals surface area contributed by atoms with Gasteiger partial charge in [-0.25, -0.2) is 4.39 Å². The average molecular weight is 181 g/mol. The van der Waals surface area contributed by atoms with E-state index in [9.17, 15) is 4.39 Å². The molecule has 0 unspecified atom stereocenters. The minimum Gasteiger partial charge on any atom is -0.316 e. The quantitative estimate of drug-likeness (QED) is 0.755. The Morgan fingerprint density at radius 2 is 1.92 bits per heavy atom. The van der Waals surface area contributed by atoms with Crippen molar-refractivity contribution in [2.75, 3.05) is 7.05 Å². The Bertz CT molecular complexity index is 276. The fourth-order valence-electron chi connectivity index (χ4n) is 1.44. The van der Waals surface area contributed by atoms with Crippen molar-refractivity contribution in [3.63, 3.8) is 0 Å². The fraction of sp³-hybridized carbons (Fsp3) is 0.455. The van der Waals surface area contributed by atoms with Gasteiger partial charge in [0.1, 0.15) is 5.67 Å². The second kappa shape index (κ2) is 3.88. The third-order valence-electron chi connectivity index (χ3n) is 2.03. The molecule has 1 aromatic carbocycles. The lowest BCUT2D eigenvalue weighted by molar-refractivity contribution is 0.219. The van der Waals surface area contributed by atoms with Crippen LogP contribution in [0.2, 0.25) is 0 Å². The van der Waals surface area contributed by atoms with E-state index < -0.39 is 5.67 Å². The molecule has 0 fully saturated rings. The number of rotatable bonds is 3. The molecule has 1 aromatic rings. The van der Waals surface area contributed by atoms with Gasteiger partial charge >= 0.3 is 0 Å². The molecule has 1 nitrogen and oxygen atoms in total. The molecule has 0 bridgehead atoms. The van der Waals surface area contributed by atoms with Crippen molar-refractivity contribution in [2.24, 2.45) is 0 Å². The topological polar surface area (TPSA) is 12.0 Å². The van der Waals surface area contributed by atoms with Gasteiger partial charge in [0.25, 0.3) is 0 Å². The summed E-state index contributed by atoms with van der Waals surface area (Å²) in [7, 11) is 1.86. The maximum absolute atomic E-state index is 13.7. The first-order chi connectivity index (χ1) is 6.05. The maximum Gasteiger partial charge on any atom is 0.130 e. The van der Waals surface area contributed by atoms with Crippen LogP contribution < -0.4 is 5.32 Å². The summed E-state index contributed by atoms with van der Waals surface area (Å²) >= 11 is 0. The van der Waals surface area contributed by atoms with E-state index in [-0.39, 0.29) is 0 Å². The molecule has 0 aliphatic heterocycles. The molecule has 13 heavy (non-hydrogen) atoms. The van der Waals surface area contributed by atoms with Crippen molar-refractivity contribution >= 4 is 0 Å². The first kappa shape index (κ1) is 10.2. The normalized spacial score (nSPS) is 11.7. The summed E-state index contributed by atoms with van der Waals surface area (Å²) in [5.74, 6) is 0. The highest BCUT2D eigenvalue weighted by Gasteiger charge is 2.21. The lowest BCUT2D eigenvalue weighted by Gasteiger charge is -2.18. The first-order valence-electron chi connectivity index (χ1n) is 4.47. The summed E-state index contributed by atoms with van der Waals surface area (Å²) < 4.78 is 13.7. The van der Waals surface area contributed by atoms with E-state index >= 15 is 0 Å². The van der Waals surface area contributed by atoms with Gasteiger partial charge in [-0.3, -0.25) is 0 Å². The molecule has 72 valence electrons. The molecule has 0 heterocycles. The Labute approximate surface area is 79.0 Å². The molecule has 0 aromatic heterocycles. The van der Waals surface area contributed by atoms with Crippen LogP contribution in [0.1, 0.15) is 25.0 Å². The molecule has 0 saturated carbocycles. The molecule has 0 amide bonds. The van der Waals surface area contributed by atoms with Crippen LogP contribution in [0, 0.1) is 0 Å².